The van der Waals surface area contributed by atoms with Crippen LogP contribution in [-0.4, -0.2) is 6.54 Å². The highest BCUT2D eigenvalue weighted by Gasteiger charge is 2.20. The van der Waals surface area contributed by atoms with E-state index in [1.54, 1.807) is 0 Å². The third-order valence-electron chi connectivity index (χ3n) is 2.81. The van der Waals surface area contributed by atoms with E-state index in [0.717, 1.165) is 27.2 Å². The molecule has 1 unspecified atom stereocenters. The summed E-state index contributed by atoms with van der Waals surface area (Å²) >= 11 is 16.2. The van der Waals surface area contributed by atoms with E-state index in [9.17, 15) is 0 Å². The molecule has 2 rings (SSSR count). The fourth-order valence-corrected chi connectivity index (χ4v) is 4.17. The molecule has 1 atom stereocenters. The van der Waals surface area contributed by atoms with Crippen molar-refractivity contribution in [3.63, 3.8) is 0 Å². The number of rotatable bonds is 5. The zero-order valence-corrected chi connectivity index (χ0v) is 14.9. The van der Waals surface area contributed by atoms with Gasteiger partial charge in [-0.3, -0.25) is 0 Å². The van der Waals surface area contributed by atoms with Crippen molar-refractivity contribution in [2.45, 2.75) is 19.4 Å². The number of hydrogen-bond acceptors (Lipinski definition) is 2. The first-order valence-electron chi connectivity index (χ1n) is 6.06. The third-order valence-corrected chi connectivity index (χ3v) is 5.31. The molecule has 0 saturated carbocycles. The molecule has 0 fully saturated rings. The van der Waals surface area contributed by atoms with Gasteiger partial charge in [-0.15, -0.1) is 11.3 Å². The lowest BCUT2D eigenvalue weighted by Crippen LogP contribution is -2.23. The summed E-state index contributed by atoms with van der Waals surface area (Å²) in [5.74, 6) is 0. The topological polar surface area (TPSA) is 12.0 Å². The number of nitrogens with one attached hydrogen (secondary N) is 1. The van der Waals surface area contributed by atoms with Crippen molar-refractivity contribution in [3.8, 4) is 0 Å². The van der Waals surface area contributed by atoms with Crippen LogP contribution in [0.2, 0.25) is 8.67 Å². The van der Waals surface area contributed by atoms with Crippen molar-refractivity contribution < 1.29 is 0 Å². The van der Waals surface area contributed by atoms with Crippen LogP contribution in [-0.2, 0) is 0 Å². The van der Waals surface area contributed by atoms with Crippen molar-refractivity contribution in [1.29, 1.82) is 0 Å². The molecule has 1 aromatic heterocycles. The molecule has 19 heavy (non-hydrogen) atoms. The third kappa shape index (κ3) is 3.85. The molecule has 2 aromatic rings. The minimum absolute atomic E-state index is 0.101. The molecule has 1 aromatic carbocycles. The van der Waals surface area contributed by atoms with Crippen LogP contribution >= 0.6 is 57.1 Å². The largest absolute Gasteiger partial charge is 0.306 e. The van der Waals surface area contributed by atoms with Crippen LogP contribution in [0.25, 0.3) is 0 Å². The predicted molar refractivity (Wildman–Crippen MR) is 93.6 cm³/mol. The van der Waals surface area contributed by atoms with Crippen molar-refractivity contribution in [3.05, 3.63) is 53.7 Å². The molecule has 0 saturated heterocycles. The van der Waals surface area contributed by atoms with E-state index in [4.69, 9.17) is 23.2 Å². The highest BCUT2D eigenvalue weighted by molar-refractivity contribution is 14.1. The standard InChI is InChI=1S/C14H14Cl2INS/c1-2-7-18-13(9-5-3-4-6-11(9)17)10-8-12(15)19-14(10)16/h3-6,8,13,18H,2,7H2,1H3. The van der Waals surface area contributed by atoms with Gasteiger partial charge in [-0.1, -0.05) is 48.3 Å². The van der Waals surface area contributed by atoms with Crippen LogP contribution < -0.4 is 5.32 Å². The lowest BCUT2D eigenvalue weighted by Gasteiger charge is -2.20. The van der Waals surface area contributed by atoms with Crippen molar-refractivity contribution in [2.24, 2.45) is 0 Å². The summed E-state index contributed by atoms with van der Waals surface area (Å²) in [5, 5.41) is 3.56. The van der Waals surface area contributed by atoms with Gasteiger partial charge >= 0.3 is 0 Å². The van der Waals surface area contributed by atoms with Gasteiger partial charge in [0.1, 0.15) is 0 Å². The van der Waals surface area contributed by atoms with Crippen LogP contribution in [0.5, 0.6) is 0 Å². The van der Waals surface area contributed by atoms with E-state index in [0.29, 0.717) is 0 Å². The first-order valence-corrected chi connectivity index (χ1v) is 8.71. The maximum absolute atomic E-state index is 6.31. The molecule has 0 aliphatic carbocycles. The van der Waals surface area contributed by atoms with Gasteiger partial charge in [-0.05, 0) is 53.3 Å². The Morgan fingerprint density at radius 1 is 1.26 bits per heavy atom. The van der Waals surface area contributed by atoms with E-state index in [1.807, 2.05) is 12.1 Å². The van der Waals surface area contributed by atoms with Gasteiger partial charge < -0.3 is 5.32 Å². The molecule has 0 radical (unpaired) electrons. The van der Waals surface area contributed by atoms with Gasteiger partial charge in [0.2, 0.25) is 0 Å². The molecule has 102 valence electrons. The highest BCUT2D eigenvalue weighted by Crippen LogP contribution is 2.38. The van der Waals surface area contributed by atoms with Crippen LogP contribution in [0.4, 0.5) is 0 Å². The Morgan fingerprint density at radius 2 is 2.00 bits per heavy atom. The Hall–Kier alpha value is 0.190. The van der Waals surface area contributed by atoms with Crippen molar-refractivity contribution in [1.82, 2.24) is 5.32 Å². The Kier molecular flexibility index (Phi) is 5.96. The van der Waals surface area contributed by atoms with Crippen LogP contribution in [0, 0.1) is 3.57 Å². The molecule has 5 heteroatoms. The lowest BCUT2D eigenvalue weighted by molar-refractivity contribution is 0.598. The zero-order chi connectivity index (χ0) is 13.8. The molecule has 0 aliphatic heterocycles. The first kappa shape index (κ1) is 15.6. The Morgan fingerprint density at radius 3 is 2.58 bits per heavy atom. The summed E-state index contributed by atoms with van der Waals surface area (Å²) in [6, 6.07) is 10.4. The molecule has 1 N–H and O–H groups in total. The quantitative estimate of drug-likeness (QED) is 0.601. The minimum atomic E-state index is 0.101. The second-order valence-corrected chi connectivity index (χ2v) is 7.64. The molecular formula is C14H14Cl2INS. The first-order chi connectivity index (χ1) is 9.13. The van der Waals surface area contributed by atoms with Crippen molar-refractivity contribution >= 4 is 57.1 Å². The fraction of sp³-hybridized carbons (Fsp3) is 0.286. The van der Waals surface area contributed by atoms with Crippen molar-refractivity contribution in [2.75, 3.05) is 6.54 Å². The summed E-state index contributed by atoms with van der Waals surface area (Å²) in [6.45, 7) is 3.10. The predicted octanol–water partition coefficient (Wildman–Crippen LogP) is 5.75. The molecule has 0 amide bonds. The SMILES string of the molecule is CCCNC(c1ccccc1I)c1cc(Cl)sc1Cl. The molecule has 0 spiro atoms. The van der Waals surface area contributed by atoms with Gasteiger partial charge in [-0.2, -0.15) is 0 Å². The summed E-state index contributed by atoms with van der Waals surface area (Å²) in [7, 11) is 0. The van der Waals surface area contributed by atoms with E-state index in [2.05, 4.69) is 53.0 Å². The van der Waals surface area contributed by atoms with E-state index in [-0.39, 0.29) is 6.04 Å². The van der Waals surface area contributed by atoms with E-state index >= 15 is 0 Å². The average molecular weight is 426 g/mol. The summed E-state index contributed by atoms with van der Waals surface area (Å²) in [5.41, 5.74) is 2.31. The minimum Gasteiger partial charge on any atom is -0.306 e. The van der Waals surface area contributed by atoms with Crippen LogP contribution in [0.1, 0.15) is 30.5 Å². The molecule has 0 aliphatic rings. The number of halogens is 3. The molecule has 1 nitrogen and oxygen atoms in total. The highest BCUT2D eigenvalue weighted by atomic mass is 127. The van der Waals surface area contributed by atoms with Gasteiger partial charge in [0, 0.05) is 9.13 Å². The smallest absolute Gasteiger partial charge is 0.0995 e. The summed E-state index contributed by atoms with van der Waals surface area (Å²) in [4.78, 5) is 0. The van der Waals surface area contributed by atoms with Gasteiger partial charge in [-0.25, -0.2) is 0 Å². The molecule has 1 heterocycles. The van der Waals surface area contributed by atoms with E-state index in [1.165, 1.54) is 20.5 Å². The van der Waals surface area contributed by atoms with Gasteiger partial charge in [0.05, 0.1) is 14.7 Å². The number of benzene rings is 1. The van der Waals surface area contributed by atoms with Gasteiger partial charge in [0.25, 0.3) is 0 Å². The van der Waals surface area contributed by atoms with E-state index < -0.39 is 0 Å². The van der Waals surface area contributed by atoms with Crippen LogP contribution in [0.15, 0.2) is 30.3 Å². The normalized spacial score (nSPS) is 12.6. The van der Waals surface area contributed by atoms with Gasteiger partial charge in [0.15, 0.2) is 0 Å². The summed E-state index contributed by atoms with van der Waals surface area (Å²) in [6.07, 6.45) is 1.08. The fourth-order valence-electron chi connectivity index (χ4n) is 1.94. The maximum atomic E-state index is 6.31. The Labute approximate surface area is 141 Å². The molecule has 0 bridgehead atoms. The second-order valence-electron chi connectivity index (χ2n) is 4.19. The Bertz CT molecular complexity index is 556. The lowest BCUT2D eigenvalue weighted by atomic mass is 10.0. The molecular weight excluding hydrogens is 412 g/mol. The maximum Gasteiger partial charge on any atom is 0.0995 e. The van der Waals surface area contributed by atoms with Crippen LogP contribution in [0.3, 0.4) is 0 Å². The monoisotopic (exact) mass is 425 g/mol. The number of thiophene rings is 1. The summed E-state index contributed by atoms with van der Waals surface area (Å²) < 4.78 is 2.72. The Balaban J connectivity index is 2.41. The number of hydrogen-bond donors (Lipinski definition) is 1. The zero-order valence-electron chi connectivity index (χ0n) is 10.4. The average Bonchev–Trinajstić information content (AvgIpc) is 2.71. The second kappa shape index (κ2) is 7.27.